The van der Waals surface area contributed by atoms with Crippen LogP contribution in [-0.2, 0) is 4.79 Å². The molecule has 0 rings (SSSR count). The summed E-state index contributed by atoms with van der Waals surface area (Å²) in [6, 6.07) is 0. The minimum Gasteiger partial charge on any atom is -0.511 e. The van der Waals surface area contributed by atoms with Crippen molar-refractivity contribution in [1.29, 1.82) is 5.41 Å². The Bertz CT molecular complexity index is 1160. The minimum absolute atomic E-state index is 0.132. The van der Waals surface area contributed by atoms with Gasteiger partial charge in [-0.25, -0.2) is 0 Å². The second-order valence-corrected chi connectivity index (χ2v) is 12.4. The molecule has 3 atom stereocenters. The third-order valence-corrected chi connectivity index (χ3v) is 7.54. The zero-order chi connectivity index (χ0) is 34.7. The summed E-state index contributed by atoms with van der Waals surface area (Å²) in [6.45, 7) is 15.2. The number of nitrogens with two attached hydrogens (primary N) is 1. The zero-order valence-electron chi connectivity index (χ0n) is 30.1. The summed E-state index contributed by atoms with van der Waals surface area (Å²) in [5, 5.41) is 19.8. The van der Waals surface area contributed by atoms with Gasteiger partial charge in [0.05, 0.1) is 5.70 Å². The van der Waals surface area contributed by atoms with Crippen LogP contribution in [0.15, 0.2) is 108 Å². The molecule has 5 N–H and O–H groups in total. The minimum atomic E-state index is -0.220. The lowest BCUT2D eigenvalue weighted by molar-refractivity contribution is -0.116. The first-order valence-electron chi connectivity index (χ1n) is 17.0. The maximum absolute atomic E-state index is 12.1. The molecule has 0 saturated carbocycles. The molecule has 0 aromatic heterocycles. The van der Waals surface area contributed by atoms with Crippen molar-refractivity contribution in [1.82, 2.24) is 10.2 Å². The van der Waals surface area contributed by atoms with E-state index >= 15 is 0 Å². The molecule has 6 nitrogen and oxygen atoms in total. The van der Waals surface area contributed by atoms with Crippen LogP contribution >= 0.6 is 0 Å². The smallest absolute Gasteiger partial charge is 0.251 e. The van der Waals surface area contributed by atoms with E-state index in [1.807, 2.05) is 50.4 Å². The summed E-state index contributed by atoms with van der Waals surface area (Å²) in [5.74, 6) is 1.73. The predicted octanol–water partition coefficient (Wildman–Crippen LogP) is 10.00. The van der Waals surface area contributed by atoms with Crippen molar-refractivity contribution >= 4 is 11.9 Å². The first-order valence-corrected chi connectivity index (χ1v) is 17.0. The lowest BCUT2D eigenvalue weighted by atomic mass is 9.96. The molecular weight excluding hydrogens is 568 g/mol. The number of hydrogen-bond acceptors (Lipinski definition) is 3. The first kappa shape index (κ1) is 42.2. The quantitative estimate of drug-likeness (QED) is 0.0181. The van der Waals surface area contributed by atoms with Gasteiger partial charge in [0.2, 0.25) is 0 Å². The summed E-state index contributed by atoms with van der Waals surface area (Å²) in [6.07, 6.45) is 37.6. The fourth-order valence-electron chi connectivity index (χ4n) is 4.63. The summed E-state index contributed by atoms with van der Waals surface area (Å²) < 4.78 is 0. The Hall–Kier alpha value is -3.80. The molecule has 0 spiro atoms. The van der Waals surface area contributed by atoms with Gasteiger partial charge in [0.1, 0.15) is 5.76 Å². The van der Waals surface area contributed by atoms with E-state index in [1.165, 1.54) is 18.4 Å². The van der Waals surface area contributed by atoms with Crippen LogP contribution in [0.1, 0.15) is 99.8 Å². The SMILES string of the molecule is CC/C(O)=C(\C)NC(=O)/C(C)=C/C=C/C=C/C=C/C=C/C(C)C/C(C)=C/C(C)CCC/C=C/C(C)C/C=C/CCCN(C)C(=N)N. The normalized spacial score (nSPS) is 15.9. The highest BCUT2D eigenvalue weighted by molar-refractivity contribution is 5.94. The summed E-state index contributed by atoms with van der Waals surface area (Å²) in [4.78, 5) is 13.9. The molecule has 0 heterocycles. The summed E-state index contributed by atoms with van der Waals surface area (Å²) >= 11 is 0. The van der Waals surface area contributed by atoms with E-state index in [4.69, 9.17) is 11.1 Å². The fraction of sp³-hybridized carbons (Fsp3) is 0.500. The highest BCUT2D eigenvalue weighted by Crippen LogP contribution is 2.18. The van der Waals surface area contributed by atoms with Crippen molar-refractivity contribution in [3.63, 3.8) is 0 Å². The molecule has 0 aliphatic heterocycles. The number of nitrogens with zero attached hydrogens (tertiary/aromatic N) is 1. The molecule has 1 amide bonds. The van der Waals surface area contributed by atoms with Crippen LogP contribution in [0.2, 0.25) is 0 Å². The third kappa shape index (κ3) is 23.6. The average molecular weight is 633 g/mol. The molecule has 0 aliphatic carbocycles. The molecule has 46 heavy (non-hydrogen) atoms. The largest absolute Gasteiger partial charge is 0.511 e. The van der Waals surface area contributed by atoms with Gasteiger partial charge in [0, 0.05) is 25.6 Å². The molecule has 256 valence electrons. The number of carbonyl (C=O) groups is 1. The highest BCUT2D eigenvalue weighted by Gasteiger charge is 2.06. The summed E-state index contributed by atoms with van der Waals surface area (Å²) in [5.41, 5.74) is 7.97. The molecule has 0 bridgehead atoms. The molecule has 0 fully saturated rings. The number of unbranched alkanes of at least 4 members (excludes halogenated alkanes) is 2. The van der Waals surface area contributed by atoms with Crippen molar-refractivity contribution in [3.05, 3.63) is 108 Å². The van der Waals surface area contributed by atoms with Crippen LogP contribution in [0.3, 0.4) is 0 Å². The molecule has 3 unspecified atom stereocenters. The van der Waals surface area contributed by atoms with Gasteiger partial charge in [-0.05, 0) is 83.5 Å². The standard InChI is InChI=1S/C40H64N4O2/c1-9-38(45)37(7)43-39(46)36(6)28-22-14-12-10-11-13-19-26-33(3)30-35(5)31-34(4)27-21-17-20-25-32(2)24-18-15-16-23-29-44(8)40(41)42/h10-15,18-20,22,25-26,28,31-34,45H,9,16-17,21,23-24,27,29-30H2,1-8H3,(H3,41,42)(H,43,46)/b12-10+,13-11+,18-15+,22-14+,25-20+,26-19+,35-31+,36-28+,38-37-. The number of aliphatic hydroxyl groups is 1. The van der Waals surface area contributed by atoms with Crippen LogP contribution in [-0.4, -0.2) is 35.5 Å². The maximum Gasteiger partial charge on any atom is 0.251 e. The van der Waals surface area contributed by atoms with Gasteiger partial charge < -0.3 is 21.1 Å². The number of guanidine groups is 1. The lowest BCUT2D eigenvalue weighted by Gasteiger charge is -2.15. The van der Waals surface area contributed by atoms with Crippen LogP contribution in [0.5, 0.6) is 0 Å². The topological polar surface area (TPSA) is 102 Å². The van der Waals surface area contributed by atoms with Crippen LogP contribution < -0.4 is 11.1 Å². The number of carbonyl (C=O) groups excluding carboxylic acids is 1. The molecule has 6 heteroatoms. The Labute approximate surface area is 281 Å². The summed E-state index contributed by atoms with van der Waals surface area (Å²) in [7, 11) is 1.86. The highest BCUT2D eigenvalue weighted by atomic mass is 16.3. The number of allylic oxidation sites excluding steroid dienone is 17. The predicted molar refractivity (Wildman–Crippen MR) is 200 cm³/mol. The Balaban J connectivity index is 4.30. The molecule has 0 saturated heterocycles. The Kier molecular flexibility index (Phi) is 24.2. The van der Waals surface area contributed by atoms with Gasteiger partial charge in [0.25, 0.3) is 5.91 Å². The van der Waals surface area contributed by atoms with Gasteiger partial charge in [-0.1, -0.05) is 118 Å². The van der Waals surface area contributed by atoms with E-state index in [2.05, 4.69) is 75.5 Å². The zero-order valence-corrected chi connectivity index (χ0v) is 30.1. The van der Waals surface area contributed by atoms with Gasteiger partial charge >= 0.3 is 0 Å². The number of aliphatic hydroxyl groups excluding tert-OH is 1. The third-order valence-electron chi connectivity index (χ3n) is 7.54. The van der Waals surface area contributed by atoms with Crippen molar-refractivity contribution in [2.24, 2.45) is 23.5 Å². The number of rotatable bonds is 22. The van der Waals surface area contributed by atoms with Crippen LogP contribution in [0.25, 0.3) is 0 Å². The monoisotopic (exact) mass is 633 g/mol. The number of amides is 1. The number of nitrogens with one attached hydrogen (secondary N) is 2. The second kappa shape index (κ2) is 26.4. The fourth-order valence-corrected chi connectivity index (χ4v) is 4.63. The first-order chi connectivity index (χ1) is 21.9. The molecule has 0 radical (unpaired) electrons. The average Bonchev–Trinajstić information content (AvgIpc) is 3.00. The van der Waals surface area contributed by atoms with E-state index in [0.29, 0.717) is 35.4 Å². The van der Waals surface area contributed by atoms with Crippen molar-refractivity contribution in [2.45, 2.75) is 99.8 Å². The van der Waals surface area contributed by atoms with E-state index in [9.17, 15) is 9.90 Å². The van der Waals surface area contributed by atoms with Crippen molar-refractivity contribution < 1.29 is 9.90 Å². The van der Waals surface area contributed by atoms with Gasteiger partial charge in [-0.3, -0.25) is 10.2 Å². The Morgan fingerprint density at radius 2 is 1.50 bits per heavy atom. The number of hydrogen-bond donors (Lipinski definition) is 4. The molecular formula is C40H64N4O2. The maximum atomic E-state index is 12.1. The lowest BCUT2D eigenvalue weighted by Crippen LogP contribution is -2.33. The van der Waals surface area contributed by atoms with Gasteiger partial charge in [-0.2, -0.15) is 0 Å². The molecule has 0 aromatic carbocycles. The second-order valence-electron chi connectivity index (χ2n) is 12.4. The van der Waals surface area contributed by atoms with Crippen LogP contribution in [0.4, 0.5) is 0 Å². The van der Waals surface area contributed by atoms with E-state index < -0.39 is 0 Å². The van der Waals surface area contributed by atoms with E-state index in [1.54, 1.807) is 24.8 Å². The van der Waals surface area contributed by atoms with Crippen LogP contribution in [0, 0.1) is 23.2 Å². The van der Waals surface area contributed by atoms with E-state index in [-0.39, 0.29) is 17.6 Å². The van der Waals surface area contributed by atoms with E-state index in [0.717, 1.165) is 38.6 Å². The Morgan fingerprint density at radius 1 is 0.870 bits per heavy atom. The Morgan fingerprint density at radius 3 is 2.15 bits per heavy atom. The van der Waals surface area contributed by atoms with Gasteiger partial charge in [-0.15, -0.1) is 0 Å². The van der Waals surface area contributed by atoms with Gasteiger partial charge in [0.15, 0.2) is 5.96 Å². The molecule has 0 aromatic rings. The van der Waals surface area contributed by atoms with Crippen molar-refractivity contribution in [2.75, 3.05) is 13.6 Å². The van der Waals surface area contributed by atoms with Crippen molar-refractivity contribution in [3.8, 4) is 0 Å². The molecule has 0 aliphatic rings.